The Morgan fingerprint density at radius 3 is 2.03 bits per heavy atom. The molecule has 0 bridgehead atoms. The number of aromatic nitrogens is 2. The molecule has 0 atom stereocenters. The molecule has 0 saturated heterocycles. The van der Waals surface area contributed by atoms with Crippen molar-refractivity contribution in [3.8, 4) is 39.6 Å². The van der Waals surface area contributed by atoms with E-state index in [-0.39, 0.29) is 26.5 Å². The van der Waals surface area contributed by atoms with Crippen LogP contribution in [-0.2, 0) is 26.5 Å². The molecule has 7 heteroatoms. The van der Waals surface area contributed by atoms with Crippen LogP contribution in [0.15, 0.2) is 164 Å². The fraction of sp³-hybridized carbons (Fsp3) is 0.111. The van der Waals surface area contributed by atoms with Crippen LogP contribution in [0.5, 0.6) is 11.5 Å². The average Bonchev–Trinajstić information content (AvgIpc) is 3.72. The number of anilines is 4. The van der Waals surface area contributed by atoms with E-state index in [2.05, 4.69) is 177 Å². The van der Waals surface area contributed by atoms with E-state index in [1.165, 1.54) is 25.3 Å². The van der Waals surface area contributed by atoms with Crippen LogP contribution in [0.4, 0.5) is 22.7 Å². The van der Waals surface area contributed by atoms with E-state index in [9.17, 15) is 0 Å². The molecule has 10 rings (SSSR count). The molecule has 0 radical (unpaired) electrons. The summed E-state index contributed by atoms with van der Waals surface area (Å²) >= 11 is -2.26. The van der Waals surface area contributed by atoms with Crippen LogP contribution in [-0.4, -0.2) is 22.4 Å². The number of pyridine rings is 1. The van der Waals surface area contributed by atoms with Crippen LogP contribution in [0.25, 0.3) is 49.9 Å². The minimum Gasteiger partial charge on any atom is -0.0622 e. The third-order valence-electron chi connectivity index (χ3n) is 11.6. The van der Waals surface area contributed by atoms with Gasteiger partial charge in [-0.05, 0) is 11.1 Å². The SMILES string of the molecule is [CH2-]N(c1ccccc1Nc1[c-]c(Oc2[c-]c3c4c(c2)[Se](C)(C)c2cccc(c24)n3-c2cc(C(C)(C)C)ccn2)ccc1)c1c(-c2ccccc2)cccc1-c1ccccc1.[Pt]. The second kappa shape index (κ2) is 15.8. The van der Waals surface area contributed by atoms with Crippen molar-refractivity contribution in [2.45, 2.75) is 37.8 Å². The van der Waals surface area contributed by atoms with Crippen LogP contribution in [0, 0.1) is 19.2 Å². The first kappa shape index (κ1) is 40.5. The predicted octanol–water partition coefficient (Wildman–Crippen LogP) is 13.0. The van der Waals surface area contributed by atoms with Gasteiger partial charge in [0.2, 0.25) is 0 Å². The van der Waals surface area contributed by atoms with Crippen LogP contribution >= 0.6 is 0 Å². The van der Waals surface area contributed by atoms with Crippen LogP contribution in [0.1, 0.15) is 26.3 Å². The van der Waals surface area contributed by atoms with E-state index >= 15 is 0 Å². The predicted molar refractivity (Wildman–Crippen MR) is 253 cm³/mol. The minimum absolute atomic E-state index is 0. The van der Waals surface area contributed by atoms with Crippen LogP contribution in [0.2, 0.25) is 11.6 Å². The van der Waals surface area contributed by atoms with E-state index < -0.39 is 12.8 Å². The number of nitrogens with zero attached hydrogens (tertiary/aromatic N) is 3. The second-order valence-corrected chi connectivity index (χ2v) is 24.1. The van der Waals surface area contributed by atoms with Gasteiger partial charge in [-0.2, -0.15) is 0 Å². The van der Waals surface area contributed by atoms with E-state index in [4.69, 9.17) is 9.72 Å². The van der Waals surface area contributed by atoms with Gasteiger partial charge in [0, 0.05) is 32.2 Å². The topological polar surface area (TPSA) is 42.3 Å². The Bertz CT molecular complexity index is 3020. The summed E-state index contributed by atoms with van der Waals surface area (Å²) in [6.45, 7) is 6.72. The number of rotatable bonds is 9. The average molecular weight is 1040 g/mol. The monoisotopic (exact) mass is 1040 g/mol. The summed E-state index contributed by atoms with van der Waals surface area (Å²) in [4.78, 5) is 6.96. The first-order chi connectivity index (χ1) is 29.1. The zero-order valence-electron chi connectivity index (χ0n) is 34.8. The van der Waals surface area contributed by atoms with Crippen molar-refractivity contribution in [1.29, 1.82) is 0 Å². The third kappa shape index (κ3) is 7.17. The van der Waals surface area contributed by atoms with Gasteiger partial charge in [-0.3, -0.25) is 0 Å². The molecule has 0 saturated carbocycles. The Hall–Kier alpha value is -5.90. The molecule has 0 fully saturated rings. The molecule has 1 N–H and O–H groups in total. The van der Waals surface area contributed by atoms with E-state index in [0.717, 1.165) is 61.9 Å². The summed E-state index contributed by atoms with van der Waals surface area (Å²) in [5.41, 5.74) is 11.4. The zero-order valence-corrected chi connectivity index (χ0v) is 38.8. The van der Waals surface area contributed by atoms with Crippen LogP contribution in [0.3, 0.4) is 0 Å². The number of para-hydroxylation sites is 3. The summed E-state index contributed by atoms with van der Waals surface area (Å²) in [6, 6.07) is 62.2. The molecule has 2 aromatic heterocycles. The molecule has 9 aromatic rings. The van der Waals surface area contributed by atoms with Crippen molar-refractivity contribution in [3.05, 3.63) is 189 Å². The Labute approximate surface area is 375 Å². The minimum atomic E-state index is -2.26. The summed E-state index contributed by atoms with van der Waals surface area (Å²) < 4.78 is 11.8. The van der Waals surface area contributed by atoms with Crippen LogP contribution < -0.4 is 23.9 Å². The Kier molecular flexibility index (Phi) is 10.5. The van der Waals surface area contributed by atoms with E-state index in [0.29, 0.717) is 11.5 Å². The number of hydrogen-bond acceptors (Lipinski definition) is 4. The van der Waals surface area contributed by atoms with Gasteiger partial charge in [0.05, 0.1) is 0 Å². The first-order valence-corrected chi connectivity index (χ1v) is 25.3. The van der Waals surface area contributed by atoms with E-state index in [1.54, 1.807) is 0 Å². The number of benzene rings is 7. The quantitative estimate of drug-likeness (QED) is 0.116. The second-order valence-electron chi connectivity index (χ2n) is 16.7. The van der Waals surface area contributed by atoms with Gasteiger partial charge in [-0.25, -0.2) is 0 Å². The van der Waals surface area contributed by atoms with Crippen molar-refractivity contribution in [3.63, 3.8) is 0 Å². The van der Waals surface area contributed by atoms with Gasteiger partial charge in [0.25, 0.3) is 0 Å². The molecule has 1 aliphatic heterocycles. The fourth-order valence-corrected chi connectivity index (χ4v) is 13.8. The van der Waals surface area contributed by atoms with Gasteiger partial charge >= 0.3 is 256 Å². The molecule has 0 aliphatic carbocycles. The Morgan fingerprint density at radius 1 is 0.672 bits per heavy atom. The van der Waals surface area contributed by atoms with Crippen molar-refractivity contribution in [2.75, 3.05) is 10.2 Å². The zero-order chi connectivity index (χ0) is 41.2. The number of hydrogen-bond donors (Lipinski definition) is 1. The van der Waals surface area contributed by atoms with Crippen molar-refractivity contribution in [2.24, 2.45) is 0 Å². The molecule has 0 spiro atoms. The van der Waals surface area contributed by atoms with Gasteiger partial charge in [0.1, 0.15) is 0 Å². The molecule has 1 aliphatic rings. The van der Waals surface area contributed by atoms with Crippen molar-refractivity contribution < 1.29 is 25.8 Å². The molecular formula is C54H45N4OPtSe-3. The summed E-state index contributed by atoms with van der Waals surface area (Å²) in [5.74, 6) is 7.06. The summed E-state index contributed by atoms with van der Waals surface area (Å²) in [5, 5.41) is 6.27. The third-order valence-corrected chi connectivity index (χ3v) is 17.6. The fourth-order valence-electron chi connectivity index (χ4n) is 8.57. The molecule has 0 amide bonds. The standard InChI is InChI=1S/C54H45N4OSe.Pt/c1-54(2,3)38-30-31-55-50(32-38)58-46-28-17-29-48-51(46)52-47(58)34-41(35-49(52)60(48,5)6)59-40-23-15-22-39(33-40)56-44-26-13-14-27-45(44)57(4)53-42(36-18-9-7-10-19-36)24-16-25-43(53)37-20-11-8-12-21-37;/h7-32,35,56H,4H2,1-3,5-6H3;/q-3;. The number of nitrogens with one attached hydrogen (secondary N) is 1. The molecule has 61 heavy (non-hydrogen) atoms. The van der Waals surface area contributed by atoms with Crippen molar-refractivity contribution >= 4 is 66.3 Å². The molecule has 7 aromatic carbocycles. The molecule has 5 nitrogen and oxygen atoms in total. The molecule has 0 unspecified atom stereocenters. The van der Waals surface area contributed by atoms with Crippen molar-refractivity contribution in [1.82, 2.24) is 9.55 Å². The first-order valence-electron chi connectivity index (χ1n) is 20.2. The Morgan fingerprint density at radius 2 is 1.33 bits per heavy atom. The van der Waals surface area contributed by atoms with E-state index in [1.807, 2.05) is 53.6 Å². The molecular weight excluding hydrogens is 995 g/mol. The summed E-state index contributed by atoms with van der Waals surface area (Å²) in [6.07, 6.45) is 1.92. The maximum absolute atomic E-state index is 6.75. The normalized spacial score (nSPS) is 13.3. The van der Waals surface area contributed by atoms with Gasteiger partial charge < -0.3 is 0 Å². The Balaban J connectivity index is 0.00000476. The summed E-state index contributed by atoms with van der Waals surface area (Å²) in [7, 11) is 4.69. The smallest absolute Gasteiger partial charge is 0.0622 e. The van der Waals surface area contributed by atoms with Gasteiger partial charge in [-0.1, -0.05) is 78.9 Å². The molecule has 3 heterocycles. The molecule has 306 valence electrons. The van der Waals surface area contributed by atoms with Gasteiger partial charge in [-0.15, -0.1) is 0 Å². The van der Waals surface area contributed by atoms with Gasteiger partial charge in [0.15, 0.2) is 0 Å². The number of ether oxygens (including phenoxy) is 1. The maximum atomic E-state index is 6.75.